The lowest BCUT2D eigenvalue weighted by Crippen LogP contribution is -2.61. The normalized spacial score (nSPS) is 28.2. The highest BCUT2D eigenvalue weighted by molar-refractivity contribution is 5.69. The summed E-state index contributed by atoms with van der Waals surface area (Å²) in [5.41, 5.74) is 0. The van der Waals surface area contributed by atoms with E-state index in [1.54, 1.807) is 0 Å². The zero-order valence-electron chi connectivity index (χ0n) is 36.2. The molecule has 2 fully saturated rings. The molecule has 0 aliphatic carbocycles. The van der Waals surface area contributed by atoms with Gasteiger partial charge in [0.25, 0.3) is 0 Å². The third kappa shape index (κ3) is 22.9. The Hall–Kier alpha value is -1.53. The van der Waals surface area contributed by atoms with Crippen molar-refractivity contribution in [1.29, 1.82) is 0 Å². The summed E-state index contributed by atoms with van der Waals surface area (Å²) in [6.07, 6.45) is 16.8. The predicted molar refractivity (Wildman–Crippen MR) is 224 cm³/mol. The maximum atomic E-state index is 12.9. The molecular formula is C45H82O14. The van der Waals surface area contributed by atoms with Crippen LogP contribution in [0, 0.1) is 0 Å². The zero-order chi connectivity index (χ0) is 43.1. The summed E-state index contributed by atoms with van der Waals surface area (Å²) in [5, 5.41) is 71.9. The van der Waals surface area contributed by atoms with Crippen molar-refractivity contribution in [2.45, 2.75) is 223 Å². The van der Waals surface area contributed by atoms with Crippen molar-refractivity contribution in [3.05, 3.63) is 24.3 Å². The molecule has 14 heteroatoms. The van der Waals surface area contributed by atoms with Crippen molar-refractivity contribution >= 4 is 5.97 Å². The Morgan fingerprint density at radius 3 is 1.69 bits per heavy atom. The molecule has 0 amide bonds. The molecule has 14 nitrogen and oxygen atoms in total. The molecular weight excluding hydrogens is 764 g/mol. The molecule has 0 aromatic rings. The summed E-state index contributed by atoms with van der Waals surface area (Å²) in [4.78, 5) is 12.9. The molecule has 59 heavy (non-hydrogen) atoms. The summed E-state index contributed by atoms with van der Waals surface area (Å²) >= 11 is 0. The Kier molecular flexibility index (Phi) is 30.9. The highest BCUT2D eigenvalue weighted by atomic mass is 16.7. The molecule has 0 radical (unpaired) electrons. The van der Waals surface area contributed by atoms with E-state index in [-0.39, 0.29) is 25.6 Å². The quantitative estimate of drug-likeness (QED) is 0.0246. The number of rotatable bonds is 35. The Morgan fingerprint density at radius 1 is 0.559 bits per heavy atom. The molecule has 2 aliphatic rings. The Morgan fingerprint density at radius 2 is 1.08 bits per heavy atom. The molecule has 0 aromatic heterocycles. The number of esters is 1. The smallest absolute Gasteiger partial charge is 0.306 e. The van der Waals surface area contributed by atoms with Crippen molar-refractivity contribution in [2.75, 3.05) is 33.0 Å². The van der Waals surface area contributed by atoms with Gasteiger partial charge in [-0.2, -0.15) is 0 Å². The van der Waals surface area contributed by atoms with Crippen LogP contribution in [0.5, 0.6) is 0 Å². The molecule has 2 heterocycles. The third-order valence-corrected chi connectivity index (χ3v) is 10.9. The van der Waals surface area contributed by atoms with Gasteiger partial charge in [-0.1, -0.05) is 134 Å². The van der Waals surface area contributed by atoms with Crippen molar-refractivity contribution in [3.63, 3.8) is 0 Å². The van der Waals surface area contributed by atoms with Crippen LogP contribution in [0.1, 0.15) is 155 Å². The Balaban J connectivity index is 1.82. The molecule has 0 saturated carbocycles. The lowest BCUT2D eigenvalue weighted by Gasteiger charge is -2.42. The largest absolute Gasteiger partial charge is 0.457 e. The summed E-state index contributed by atoms with van der Waals surface area (Å²) < 4.78 is 34.1. The first-order valence-electron chi connectivity index (χ1n) is 22.9. The average molecular weight is 847 g/mol. The summed E-state index contributed by atoms with van der Waals surface area (Å²) in [5.74, 6) is -0.382. The minimum Gasteiger partial charge on any atom is -0.457 e. The van der Waals surface area contributed by atoms with Gasteiger partial charge in [0.1, 0.15) is 54.9 Å². The molecule has 0 spiro atoms. The number of aliphatic hydroxyl groups is 7. The summed E-state index contributed by atoms with van der Waals surface area (Å²) in [6.45, 7) is 3.58. The minimum absolute atomic E-state index is 0.0571. The monoisotopic (exact) mass is 847 g/mol. The highest BCUT2D eigenvalue weighted by Gasteiger charge is 2.47. The van der Waals surface area contributed by atoms with E-state index in [1.165, 1.54) is 64.2 Å². The summed E-state index contributed by atoms with van der Waals surface area (Å²) in [7, 11) is 0. The van der Waals surface area contributed by atoms with Crippen LogP contribution in [0.15, 0.2) is 24.3 Å². The van der Waals surface area contributed by atoms with Crippen molar-refractivity contribution < 1.29 is 69.0 Å². The third-order valence-electron chi connectivity index (χ3n) is 10.9. The number of hydrogen-bond acceptors (Lipinski definition) is 14. The fourth-order valence-electron chi connectivity index (χ4n) is 7.15. The second kappa shape index (κ2) is 34.0. The SMILES string of the molecule is CCC/C=C\C/C=C\CCCCCCCCOCC(COC1OC(COC2OC(CO)C(O)C(O)C2O)C(O)C(O)C1O)OC(=O)CCCCCCCCCCCCC. The molecule has 0 aromatic carbocycles. The fraction of sp³-hybridized carbons (Fsp3) is 0.889. The van der Waals surface area contributed by atoms with E-state index in [4.69, 9.17) is 28.4 Å². The molecule has 0 bridgehead atoms. The van der Waals surface area contributed by atoms with Crippen LogP contribution in [-0.4, -0.2) is 142 Å². The maximum absolute atomic E-state index is 12.9. The topological polar surface area (TPSA) is 214 Å². The van der Waals surface area contributed by atoms with E-state index in [0.717, 1.165) is 64.2 Å². The van der Waals surface area contributed by atoms with Gasteiger partial charge in [0.2, 0.25) is 0 Å². The molecule has 11 atom stereocenters. The fourth-order valence-corrected chi connectivity index (χ4v) is 7.15. The second-order valence-corrected chi connectivity index (χ2v) is 16.2. The van der Waals surface area contributed by atoms with Crippen molar-refractivity contribution in [2.24, 2.45) is 0 Å². The first-order chi connectivity index (χ1) is 28.6. The van der Waals surface area contributed by atoms with Gasteiger partial charge >= 0.3 is 5.97 Å². The van der Waals surface area contributed by atoms with E-state index in [2.05, 4.69) is 38.2 Å². The number of hydrogen-bond donors (Lipinski definition) is 7. The lowest BCUT2D eigenvalue weighted by molar-refractivity contribution is -0.332. The van der Waals surface area contributed by atoms with Crippen LogP contribution in [0.2, 0.25) is 0 Å². The number of allylic oxidation sites excluding steroid dienone is 4. The van der Waals surface area contributed by atoms with Gasteiger partial charge in [-0.25, -0.2) is 0 Å². The lowest BCUT2D eigenvalue weighted by atomic mass is 9.98. The number of carbonyl (C=O) groups is 1. The molecule has 346 valence electrons. The van der Waals surface area contributed by atoms with Crippen LogP contribution >= 0.6 is 0 Å². The van der Waals surface area contributed by atoms with E-state index in [1.807, 2.05) is 0 Å². The van der Waals surface area contributed by atoms with Gasteiger partial charge in [-0.15, -0.1) is 0 Å². The Labute approximate surface area is 354 Å². The van der Waals surface area contributed by atoms with Gasteiger partial charge in [-0.05, 0) is 38.5 Å². The van der Waals surface area contributed by atoms with Crippen molar-refractivity contribution in [3.8, 4) is 0 Å². The second-order valence-electron chi connectivity index (χ2n) is 16.2. The maximum Gasteiger partial charge on any atom is 0.306 e. The van der Waals surface area contributed by atoms with Crippen molar-refractivity contribution in [1.82, 2.24) is 0 Å². The van der Waals surface area contributed by atoms with E-state index in [0.29, 0.717) is 13.0 Å². The summed E-state index contributed by atoms with van der Waals surface area (Å²) in [6, 6.07) is 0. The molecule has 2 saturated heterocycles. The van der Waals surface area contributed by atoms with Crippen LogP contribution in [0.3, 0.4) is 0 Å². The van der Waals surface area contributed by atoms with Crippen LogP contribution in [0.25, 0.3) is 0 Å². The van der Waals surface area contributed by atoms with Crippen LogP contribution < -0.4 is 0 Å². The van der Waals surface area contributed by atoms with Gasteiger partial charge in [-0.3, -0.25) is 4.79 Å². The Bertz CT molecular complexity index is 1080. The van der Waals surface area contributed by atoms with Gasteiger partial charge in [0, 0.05) is 13.0 Å². The number of carbonyl (C=O) groups excluding carboxylic acids is 1. The number of unbranched alkanes of at least 4 members (excludes halogenated alkanes) is 17. The first kappa shape index (κ1) is 53.6. The molecule has 2 rings (SSSR count). The minimum atomic E-state index is -1.70. The van der Waals surface area contributed by atoms with E-state index in [9.17, 15) is 40.5 Å². The molecule has 7 N–H and O–H groups in total. The standard InChI is InChI=1S/C45H82O14/c1-3-5-7-9-11-13-15-16-17-19-21-23-25-27-29-54-31-34(57-37(47)28-26-24-22-20-18-14-12-10-8-6-4-2)32-55-44-43(53)41(51)39(49)36(59-44)33-56-45-42(52)40(50)38(48)35(30-46)58-45/h7,9,13,15,34-36,38-46,48-53H,3-6,8,10-12,14,16-33H2,1-2H3/b9-7-,15-13-. The zero-order valence-corrected chi connectivity index (χ0v) is 36.2. The van der Waals surface area contributed by atoms with Crippen LogP contribution in [-0.2, 0) is 33.2 Å². The number of ether oxygens (including phenoxy) is 6. The first-order valence-corrected chi connectivity index (χ1v) is 22.9. The highest BCUT2D eigenvalue weighted by Crippen LogP contribution is 2.26. The van der Waals surface area contributed by atoms with Gasteiger partial charge < -0.3 is 64.2 Å². The average Bonchev–Trinajstić information content (AvgIpc) is 3.23. The molecule has 2 aliphatic heterocycles. The number of aliphatic hydroxyl groups excluding tert-OH is 7. The van der Waals surface area contributed by atoms with Gasteiger partial charge in [0.05, 0.1) is 26.4 Å². The molecule has 11 unspecified atom stereocenters. The predicted octanol–water partition coefficient (Wildman–Crippen LogP) is 5.29. The van der Waals surface area contributed by atoms with Crippen LogP contribution in [0.4, 0.5) is 0 Å². The van der Waals surface area contributed by atoms with Gasteiger partial charge in [0.15, 0.2) is 12.6 Å². The van der Waals surface area contributed by atoms with E-state index < -0.39 is 80.7 Å². The van der Waals surface area contributed by atoms with E-state index >= 15 is 0 Å².